The number of rotatable bonds is 5. The zero-order chi connectivity index (χ0) is 21.4. The molecule has 2 heterocycles. The highest BCUT2D eigenvalue weighted by molar-refractivity contribution is 6.32. The molecular formula is C23H23ClN2O4. The Morgan fingerprint density at radius 3 is 2.80 bits per heavy atom. The maximum absolute atomic E-state index is 12.9. The Kier molecular flexibility index (Phi) is 5.43. The minimum atomic E-state index is -0.361. The van der Waals surface area contributed by atoms with Gasteiger partial charge >= 0.3 is 0 Å². The topological polar surface area (TPSA) is 71.8 Å². The lowest BCUT2D eigenvalue weighted by atomic mass is 10.1. The molecule has 156 valence electrons. The Morgan fingerprint density at radius 2 is 2.03 bits per heavy atom. The van der Waals surface area contributed by atoms with Crippen LogP contribution in [-0.4, -0.2) is 25.0 Å². The summed E-state index contributed by atoms with van der Waals surface area (Å²) in [5, 5.41) is 4.31. The summed E-state index contributed by atoms with van der Waals surface area (Å²) in [5.74, 6) is 0.425. The van der Waals surface area contributed by atoms with Gasteiger partial charge in [-0.15, -0.1) is 0 Å². The van der Waals surface area contributed by atoms with Crippen molar-refractivity contribution < 1.29 is 18.7 Å². The average Bonchev–Trinajstić information content (AvgIpc) is 3.03. The highest BCUT2D eigenvalue weighted by Crippen LogP contribution is 2.35. The van der Waals surface area contributed by atoms with Gasteiger partial charge < -0.3 is 19.4 Å². The van der Waals surface area contributed by atoms with E-state index < -0.39 is 0 Å². The number of ether oxygens (including phenoxy) is 1. The summed E-state index contributed by atoms with van der Waals surface area (Å²) in [7, 11) is 0. The summed E-state index contributed by atoms with van der Waals surface area (Å²) in [4.78, 5) is 26.9. The van der Waals surface area contributed by atoms with Gasteiger partial charge in [-0.25, -0.2) is 0 Å². The zero-order valence-corrected chi connectivity index (χ0v) is 17.9. The number of amides is 2. The third-order valence-electron chi connectivity index (χ3n) is 5.32. The molecule has 6 nitrogen and oxygen atoms in total. The molecule has 1 aliphatic rings. The lowest BCUT2D eigenvalue weighted by Gasteiger charge is -2.29. The molecule has 0 saturated carbocycles. The van der Waals surface area contributed by atoms with Crippen LogP contribution in [-0.2, 0) is 4.79 Å². The zero-order valence-electron chi connectivity index (χ0n) is 17.2. The molecule has 0 radical (unpaired) electrons. The van der Waals surface area contributed by atoms with Crippen molar-refractivity contribution in [1.29, 1.82) is 0 Å². The van der Waals surface area contributed by atoms with Gasteiger partial charge in [0.25, 0.3) is 11.8 Å². The molecule has 0 bridgehead atoms. The third-order valence-corrected chi connectivity index (χ3v) is 5.73. The van der Waals surface area contributed by atoms with Gasteiger partial charge in [0.1, 0.15) is 11.3 Å². The van der Waals surface area contributed by atoms with Crippen LogP contribution in [0.3, 0.4) is 0 Å². The second kappa shape index (κ2) is 8.03. The molecule has 0 spiro atoms. The van der Waals surface area contributed by atoms with Crippen molar-refractivity contribution in [2.75, 3.05) is 23.4 Å². The third kappa shape index (κ3) is 3.63. The normalized spacial score (nSPS) is 13.3. The molecule has 1 aromatic heterocycles. The number of unbranched alkanes of at least 4 members (excludes halogenated alkanes) is 1. The van der Waals surface area contributed by atoms with Crippen molar-refractivity contribution in [3.8, 4) is 5.75 Å². The predicted octanol–water partition coefficient (Wildman–Crippen LogP) is 5.48. The van der Waals surface area contributed by atoms with Gasteiger partial charge in [-0.05, 0) is 56.2 Å². The van der Waals surface area contributed by atoms with Crippen LogP contribution in [0, 0.1) is 13.8 Å². The van der Waals surface area contributed by atoms with E-state index in [1.807, 2.05) is 26.0 Å². The maximum Gasteiger partial charge on any atom is 0.291 e. The Bertz CT molecular complexity index is 1150. The summed E-state index contributed by atoms with van der Waals surface area (Å²) in [5.41, 5.74) is 3.46. The molecule has 30 heavy (non-hydrogen) atoms. The lowest BCUT2D eigenvalue weighted by molar-refractivity contribution is -0.121. The van der Waals surface area contributed by atoms with Crippen LogP contribution in [0.5, 0.6) is 5.75 Å². The predicted molar refractivity (Wildman–Crippen MR) is 118 cm³/mol. The number of carbonyl (C=O) groups excluding carboxylic acids is 2. The van der Waals surface area contributed by atoms with Gasteiger partial charge in [0, 0.05) is 28.2 Å². The van der Waals surface area contributed by atoms with Crippen LogP contribution in [0.15, 0.2) is 34.7 Å². The van der Waals surface area contributed by atoms with Crippen LogP contribution in [0.25, 0.3) is 11.0 Å². The van der Waals surface area contributed by atoms with E-state index in [1.54, 1.807) is 23.1 Å². The molecular weight excluding hydrogens is 404 g/mol. The van der Waals surface area contributed by atoms with Gasteiger partial charge in [0.2, 0.25) is 0 Å². The quantitative estimate of drug-likeness (QED) is 0.586. The Morgan fingerprint density at radius 1 is 1.23 bits per heavy atom. The van der Waals surface area contributed by atoms with Crippen molar-refractivity contribution in [2.45, 2.75) is 33.6 Å². The summed E-state index contributed by atoms with van der Waals surface area (Å²) in [6.07, 6.45) is 1.87. The number of fused-ring (bicyclic) bond motifs is 2. The van der Waals surface area contributed by atoms with Crippen molar-refractivity contribution >= 4 is 45.8 Å². The maximum atomic E-state index is 12.9. The van der Waals surface area contributed by atoms with Crippen molar-refractivity contribution in [3.05, 3.63) is 52.2 Å². The molecule has 0 fully saturated rings. The molecule has 1 N–H and O–H groups in total. The number of nitrogens with zero attached hydrogens (tertiary/aromatic N) is 1. The number of nitrogens with one attached hydrogen (secondary N) is 1. The number of furan rings is 1. The van der Waals surface area contributed by atoms with E-state index in [1.165, 1.54) is 0 Å². The first-order chi connectivity index (χ1) is 14.4. The van der Waals surface area contributed by atoms with Gasteiger partial charge in [-0.2, -0.15) is 0 Å². The second-order valence-electron chi connectivity index (χ2n) is 7.48. The van der Waals surface area contributed by atoms with Crippen molar-refractivity contribution in [3.63, 3.8) is 0 Å². The number of carbonyl (C=O) groups is 2. The summed E-state index contributed by atoms with van der Waals surface area (Å²) in [6.45, 7) is 6.44. The number of hydrogen-bond acceptors (Lipinski definition) is 4. The second-order valence-corrected chi connectivity index (χ2v) is 7.89. The lowest BCUT2D eigenvalue weighted by Crippen LogP contribution is -2.39. The first-order valence-corrected chi connectivity index (χ1v) is 10.3. The van der Waals surface area contributed by atoms with E-state index in [-0.39, 0.29) is 24.2 Å². The number of anilines is 2. The first-order valence-electron chi connectivity index (χ1n) is 9.97. The average molecular weight is 427 g/mol. The highest BCUT2D eigenvalue weighted by atomic mass is 35.5. The fraction of sp³-hybridized carbons (Fsp3) is 0.304. The minimum Gasteiger partial charge on any atom is -0.482 e. The fourth-order valence-corrected chi connectivity index (χ4v) is 3.75. The number of hydrogen-bond donors (Lipinski definition) is 1. The first kappa shape index (κ1) is 20.3. The van der Waals surface area contributed by atoms with Crippen molar-refractivity contribution in [2.24, 2.45) is 0 Å². The summed E-state index contributed by atoms with van der Waals surface area (Å²) in [6, 6.07) is 8.93. The van der Waals surface area contributed by atoms with E-state index in [9.17, 15) is 9.59 Å². The minimum absolute atomic E-state index is 0.0303. The van der Waals surface area contributed by atoms with Gasteiger partial charge in [0.15, 0.2) is 12.4 Å². The summed E-state index contributed by atoms with van der Waals surface area (Å²) >= 11 is 6.22. The number of aryl methyl sites for hydroxylation is 2. The molecule has 1 aliphatic heterocycles. The molecule has 2 amide bonds. The smallest absolute Gasteiger partial charge is 0.291 e. The molecule has 0 saturated heterocycles. The number of benzene rings is 2. The highest BCUT2D eigenvalue weighted by Gasteiger charge is 2.26. The molecule has 0 aliphatic carbocycles. The van der Waals surface area contributed by atoms with Crippen LogP contribution in [0.4, 0.5) is 11.4 Å². The van der Waals surface area contributed by atoms with Gasteiger partial charge in [-0.1, -0.05) is 24.9 Å². The van der Waals surface area contributed by atoms with Crippen LogP contribution >= 0.6 is 11.6 Å². The largest absolute Gasteiger partial charge is 0.482 e. The van der Waals surface area contributed by atoms with Gasteiger partial charge in [-0.3, -0.25) is 9.59 Å². The van der Waals surface area contributed by atoms with Crippen LogP contribution in [0.2, 0.25) is 5.02 Å². The van der Waals surface area contributed by atoms with E-state index in [4.69, 9.17) is 20.8 Å². The molecule has 3 aromatic rings. The molecule has 0 atom stereocenters. The standard InChI is InChI=1S/C23H23ClN2O4/c1-4-5-8-26-18-10-15(6-7-19(18)29-12-21(26)27)25-23(28)22-14(3)16-11-17(24)13(2)9-20(16)30-22/h6-7,9-11H,4-5,8,12H2,1-3H3,(H,25,28). The molecule has 0 unspecified atom stereocenters. The Hall–Kier alpha value is -2.99. The van der Waals surface area contributed by atoms with E-state index in [2.05, 4.69) is 12.2 Å². The summed E-state index contributed by atoms with van der Waals surface area (Å²) < 4.78 is 11.3. The van der Waals surface area contributed by atoms with Crippen LogP contribution in [0.1, 0.15) is 41.4 Å². The van der Waals surface area contributed by atoms with E-state index in [0.29, 0.717) is 34.3 Å². The molecule has 4 rings (SSSR count). The van der Waals surface area contributed by atoms with Gasteiger partial charge in [0.05, 0.1) is 5.69 Å². The fourth-order valence-electron chi connectivity index (χ4n) is 3.59. The Labute approximate surface area is 179 Å². The molecule has 7 heteroatoms. The van der Waals surface area contributed by atoms with Crippen LogP contribution < -0.4 is 15.0 Å². The number of halogens is 1. The van der Waals surface area contributed by atoms with E-state index >= 15 is 0 Å². The SMILES string of the molecule is CCCCN1C(=O)COc2ccc(NC(=O)c3oc4cc(C)c(Cl)cc4c3C)cc21. The van der Waals surface area contributed by atoms with E-state index in [0.717, 1.165) is 29.4 Å². The Balaban J connectivity index is 1.63. The van der Waals surface area contributed by atoms with Crippen molar-refractivity contribution in [1.82, 2.24) is 0 Å². The molecule has 2 aromatic carbocycles. The monoisotopic (exact) mass is 426 g/mol.